The summed E-state index contributed by atoms with van der Waals surface area (Å²) in [7, 11) is -3.15. The molecule has 0 aromatic rings. The van der Waals surface area contributed by atoms with Crippen LogP contribution in [-0.2, 0) is 30.9 Å². The summed E-state index contributed by atoms with van der Waals surface area (Å²) in [5, 5.41) is 2.71. The van der Waals surface area contributed by atoms with Crippen LogP contribution in [0.4, 0.5) is 0 Å². The zero-order valence-electron chi connectivity index (χ0n) is 13.4. The summed E-state index contributed by atoms with van der Waals surface area (Å²) in [6, 6.07) is 1.17. The van der Waals surface area contributed by atoms with Crippen LogP contribution in [0.3, 0.4) is 0 Å². The summed E-state index contributed by atoms with van der Waals surface area (Å²) >= 11 is 0. The Bertz CT molecular complexity index is 630. The molecule has 0 N–H and O–H groups in total. The molecular formula is C15H19Cl2O2Si2Ti. The molecule has 2 aliphatic carbocycles. The minimum atomic E-state index is -1.74. The van der Waals surface area contributed by atoms with Gasteiger partial charge in [-0.1, -0.05) is 31.2 Å². The molecule has 22 heavy (non-hydrogen) atoms. The first-order chi connectivity index (χ1) is 8.78. The molecule has 0 amide bonds. The van der Waals surface area contributed by atoms with Crippen molar-refractivity contribution in [3.05, 3.63) is 45.5 Å². The van der Waals surface area contributed by atoms with E-state index in [9.17, 15) is 4.79 Å². The van der Waals surface area contributed by atoms with Gasteiger partial charge in [0.2, 0.25) is 8.32 Å². The second-order valence-electron chi connectivity index (χ2n) is 6.59. The fourth-order valence-electron chi connectivity index (χ4n) is 2.83. The molecule has 0 bridgehead atoms. The Labute approximate surface area is 162 Å². The molecule has 1 heterocycles. The molecule has 117 valence electrons. The van der Waals surface area contributed by atoms with Gasteiger partial charge in [0, 0.05) is 8.07 Å². The number of hydrogen-bond donors (Lipinski definition) is 0. The number of Topliss-reactive ketones (excluding diaryl/α,β-unsaturated/α-hetero) is 1. The molecule has 0 spiro atoms. The molecule has 1 unspecified atom stereocenters. The monoisotopic (exact) mass is 405 g/mol. The first-order valence-corrected chi connectivity index (χ1v) is 12.9. The zero-order valence-corrected chi connectivity index (χ0v) is 18.5. The Morgan fingerprint density at radius 3 is 2.32 bits per heavy atom. The fraction of sp³-hybridized carbons (Fsp3) is 0.400. The molecule has 7 heteroatoms. The van der Waals surface area contributed by atoms with E-state index >= 15 is 0 Å². The average molecular weight is 406 g/mol. The predicted molar refractivity (Wildman–Crippen MR) is 81.5 cm³/mol. The second kappa shape index (κ2) is 6.96. The van der Waals surface area contributed by atoms with E-state index in [4.69, 9.17) is 4.43 Å². The van der Waals surface area contributed by atoms with Gasteiger partial charge in [0.15, 0.2) is 5.78 Å². The molecule has 3 aliphatic rings. The van der Waals surface area contributed by atoms with E-state index in [1.165, 1.54) is 16.4 Å². The van der Waals surface area contributed by atoms with Crippen molar-refractivity contribution in [1.82, 2.24) is 0 Å². The fourth-order valence-corrected chi connectivity index (χ4v) is 7.22. The Balaban J connectivity index is 0.00000147. The summed E-state index contributed by atoms with van der Waals surface area (Å²) in [5.41, 5.74) is 1.89. The normalized spacial score (nSPS) is 24.6. The average Bonchev–Trinajstić information content (AvgIpc) is 2.71. The third kappa shape index (κ3) is 3.33. The number of rotatable bonds is 3. The van der Waals surface area contributed by atoms with E-state index in [-0.39, 0.29) is 52.3 Å². The molecule has 2 nitrogen and oxygen atoms in total. The minimum absolute atomic E-state index is 0. The van der Waals surface area contributed by atoms with Gasteiger partial charge in [-0.25, -0.2) is 0 Å². The Morgan fingerprint density at radius 2 is 1.82 bits per heavy atom. The zero-order chi connectivity index (χ0) is 14.0. The summed E-state index contributed by atoms with van der Waals surface area (Å²) in [6.07, 6.45) is 7.25. The molecule has 0 saturated carbocycles. The summed E-state index contributed by atoms with van der Waals surface area (Å²) in [4.78, 5) is 12.6. The second-order valence-corrected chi connectivity index (χ2v) is 15.4. The molecule has 1 radical (unpaired) electrons. The van der Waals surface area contributed by atoms with Crippen LogP contribution in [0, 0.1) is 6.08 Å². The Kier molecular flexibility index (Phi) is 7.01. The number of hydrogen-bond acceptors (Lipinski definition) is 2. The van der Waals surface area contributed by atoms with Crippen molar-refractivity contribution in [1.29, 1.82) is 0 Å². The number of carbonyl (C=O) groups excluding carboxylic acids is 1. The van der Waals surface area contributed by atoms with Gasteiger partial charge >= 0.3 is 21.7 Å². The van der Waals surface area contributed by atoms with Crippen LogP contribution in [-0.4, -0.2) is 22.2 Å². The van der Waals surface area contributed by atoms with E-state index in [1.807, 2.05) is 12.2 Å². The Hall–Kier alpha value is 0.158. The molecular weight excluding hydrogens is 387 g/mol. The smallest absolute Gasteiger partial charge is 1.00 e. The van der Waals surface area contributed by atoms with Gasteiger partial charge < -0.3 is 29.2 Å². The molecule has 1 atom stereocenters. The topological polar surface area (TPSA) is 26.3 Å². The number of allylic oxidation sites excluding steroid dienone is 7. The van der Waals surface area contributed by atoms with Crippen molar-refractivity contribution >= 4 is 22.2 Å². The third-order valence-electron chi connectivity index (χ3n) is 4.05. The van der Waals surface area contributed by atoms with Gasteiger partial charge in [-0.05, 0) is 19.6 Å². The van der Waals surface area contributed by atoms with Crippen LogP contribution in [0.5, 0.6) is 0 Å². The van der Waals surface area contributed by atoms with Gasteiger partial charge in [-0.3, -0.25) is 4.79 Å². The number of fused-ring (bicyclic) bond motifs is 2. The van der Waals surface area contributed by atoms with Crippen molar-refractivity contribution in [2.24, 2.45) is 0 Å². The number of halogens is 2. The van der Waals surface area contributed by atoms with Crippen molar-refractivity contribution in [3.8, 4) is 0 Å². The summed E-state index contributed by atoms with van der Waals surface area (Å²) in [6.45, 7) is 10.9. The van der Waals surface area contributed by atoms with Gasteiger partial charge in [0.1, 0.15) is 5.76 Å². The molecule has 1 fully saturated rings. The summed E-state index contributed by atoms with van der Waals surface area (Å²) < 4.78 is 5.92. The molecule has 0 aromatic carbocycles. The van der Waals surface area contributed by atoms with Gasteiger partial charge in [-0.2, -0.15) is 10.4 Å². The van der Waals surface area contributed by atoms with Crippen LogP contribution in [0.2, 0.25) is 32.2 Å². The third-order valence-corrected chi connectivity index (χ3v) is 9.12. The van der Waals surface area contributed by atoms with E-state index in [0.29, 0.717) is 5.76 Å². The van der Waals surface area contributed by atoms with E-state index in [1.54, 1.807) is 0 Å². The first-order valence-electron chi connectivity index (χ1n) is 6.83. The maximum Gasteiger partial charge on any atom is 3.00 e. The number of carbonyl (C=O) groups is 1. The van der Waals surface area contributed by atoms with Crippen LogP contribution >= 0.6 is 0 Å². The largest absolute Gasteiger partial charge is 3.00 e. The van der Waals surface area contributed by atoms with Gasteiger partial charge in [0.05, 0.1) is 0 Å². The molecule has 1 saturated heterocycles. The van der Waals surface area contributed by atoms with Gasteiger partial charge in [0.25, 0.3) is 0 Å². The van der Waals surface area contributed by atoms with Crippen molar-refractivity contribution in [2.75, 3.05) is 0 Å². The maximum absolute atomic E-state index is 12.6. The summed E-state index contributed by atoms with van der Waals surface area (Å²) in [5.74, 6) is 0.620. The molecule has 0 aromatic heterocycles. The standard InChI is InChI=1S/C15H19O2Si2.2ClH.Ti/c1-6-19(5)12-9-10-7-8-11(17-18(2,3)4)14(16)13(10)15(12)19;;;/h7-8H,6H2,1-5H3;2*1H;/q-1;;;+3/p-2. The van der Waals surface area contributed by atoms with Crippen molar-refractivity contribution in [2.45, 2.75) is 39.2 Å². The SMILES string of the molecule is CC[Si]1(C)C2=[C-]C3=CC=C(O[Si](C)(C)C)C(=O)C3=C21.[Cl-].[Cl-].[Ti+3]. The predicted octanol–water partition coefficient (Wildman–Crippen LogP) is -2.53. The van der Waals surface area contributed by atoms with Gasteiger partial charge in [-0.15, -0.1) is 17.7 Å². The van der Waals surface area contributed by atoms with Crippen LogP contribution in [0.1, 0.15) is 6.92 Å². The molecule has 1 aliphatic heterocycles. The van der Waals surface area contributed by atoms with Crippen LogP contribution in [0.15, 0.2) is 39.5 Å². The van der Waals surface area contributed by atoms with E-state index in [0.717, 1.165) is 11.1 Å². The molecule has 3 rings (SSSR count). The van der Waals surface area contributed by atoms with E-state index in [2.05, 4.69) is 39.2 Å². The Morgan fingerprint density at radius 1 is 1.23 bits per heavy atom. The van der Waals surface area contributed by atoms with Crippen LogP contribution in [0.25, 0.3) is 0 Å². The quantitative estimate of drug-likeness (QED) is 0.382. The maximum atomic E-state index is 12.6. The van der Waals surface area contributed by atoms with Crippen molar-refractivity contribution < 1.29 is 55.8 Å². The first kappa shape index (κ1) is 22.2. The van der Waals surface area contributed by atoms with Crippen molar-refractivity contribution in [3.63, 3.8) is 0 Å². The van der Waals surface area contributed by atoms with Crippen LogP contribution < -0.4 is 24.8 Å². The van der Waals surface area contributed by atoms with E-state index < -0.39 is 16.4 Å². The minimum Gasteiger partial charge on any atom is -1.00 e. The number of ketones is 1.